The van der Waals surface area contributed by atoms with E-state index >= 15 is 0 Å². The van der Waals surface area contributed by atoms with Gasteiger partial charge in [-0.15, -0.1) is 0 Å². The lowest BCUT2D eigenvalue weighted by atomic mass is 10.0. The molecule has 1 aromatic rings. The molecule has 19 heavy (non-hydrogen) atoms. The molecule has 5 heteroatoms. The number of ether oxygens (including phenoxy) is 1. The molecule has 3 N–H and O–H groups in total. The van der Waals surface area contributed by atoms with Crippen molar-refractivity contribution in [2.24, 2.45) is 5.73 Å². The van der Waals surface area contributed by atoms with Crippen molar-refractivity contribution in [1.29, 1.82) is 0 Å². The Balaban J connectivity index is 2.18. The Labute approximate surface area is 119 Å². The van der Waals surface area contributed by atoms with Gasteiger partial charge in [-0.25, -0.2) is 0 Å². The topological polar surface area (TPSA) is 58.7 Å². The van der Waals surface area contributed by atoms with E-state index < -0.39 is 0 Å². The highest BCUT2D eigenvalue weighted by molar-refractivity contribution is 7.80. The number of morpholine rings is 1. The summed E-state index contributed by atoms with van der Waals surface area (Å²) >= 11 is 4.95. The van der Waals surface area contributed by atoms with Crippen LogP contribution in [0.15, 0.2) is 24.3 Å². The molecule has 1 aromatic carbocycles. The molecule has 1 aliphatic heterocycles. The van der Waals surface area contributed by atoms with Gasteiger partial charge < -0.3 is 20.5 Å². The fraction of sp³-hybridized carbons (Fsp3) is 0.500. The van der Waals surface area contributed by atoms with Gasteiger partial charge in [-0.1, -0.05) is 12.2 Å². The summed E-state index contributed by atoms with van der Waals surface area (Å²) in [6.45, 7) is 5.57. The number of aliphatic hydroxyl groups excluding tert-OH is 1. The number of anilines is 1. The van der Waals surface area contributed by atoms with Gasteiger partial charge in [0.25, 0.3) is 0 Å². The Morgan fingerprint density at radius 2 is 2.11 bits per heavy atom. The third-order valence-electron chi connectivity index (χ3n) is 3.20. The van der Waals surface area contributed by atoms with Crippen molar-refractivity contribution in [2.75, 3.05) is 24.6 Å². The van der Waals surface area contributed by atoms with Crippen molar-refractivity contribution >= 4 is 22.9 Å². The number of hydrogen-bond acceptors (Lipinski definition) is 4. The first-order chi connectivity index (χ1) is 8.91. The van der Waals surface area contributed by atoms with Crippen molar-refractivity contribution in [3.8, 4) is 0 Å². The van der Waals surface area contributed by atoms with E-state index in [-0.39, 0.29) is 18.3 Å². The smallest absolute Gasteiger partial charge is 0.103 e. The first kappa shape index (κ1) is 14.2. The summed E-state index contributed by atoms with van der Waals surface area (Å²) in [5.41, 5.74) is 7.28. The number of nitrogens with zero attached hydrogens (tertiary/aromatic N) is 1. The van der Waals surface area contributed by atoms with Crippen LogP contribution in [0.25, 0.3) is 0 Å². The van der Waals surface area contributed by atoms with E-state index in [4.69, 9.17) is 22.7 Å². The Bertz CT molecular complexity index is 459. The molecular weight excluding hydrogens is 260 g/mol. The van der Waals surface area contributed by atoms with Crippen LogP contribution < -0.4 is 10.6 Å². The molecule has 104 valence electrons. The standard InChI is InChI=1S/C14H20N2O2S/c1-14(2)9-16(7-12(8-17)18-14)11-5-3-10(4-6-11)13(15)19/h3-6,12,17H,7-9H2,1-2H3,(H2,15,19). The molecule has 4 nitrogen and oxygen atoms in total. The lowest BCUT2D eigenvalue weighted by Gasteiger charge is -2.43. The van der Waals surface area contributed by atoms with Crippen molar-refractivity contribution in [3.63, 3.8) is 0 Å². The molecule has 1 aliphatic rings. The van der Waals surface area contributed by atoms with Gasteiger partial charge in [0.15, 0.2) is 0 Å². The van der Waals surface area contributed by atoms with Crippen molar-refractivity contribution in [2.45, 2.75) is 25.6 Å². The van der Waals surface area contributed by atoms with Crippen LogP contribution in [0.5, 0.6) is 0 Å². The highest BCUT2D eigenvalue weighted by atomic mass is 32.1. The van der Waals surface area contributed by atoms with Gasteiger partial charge in [0, 0.05) is 24.3 Å². The van der Waals surface area contributed by atoms with E-state index in [0.717, 1.165) is 17.8 Å². The van der Waals surface area contributed by atoms with Gasteiger partial charge in [0.05, 0.1) is 18.3 Å². The maximum Gasteiger partial charge on any atom is 0.103 e. The normalized spacial score (nSPS) is 22.3. The highest BCUT2D eigenvalue weighted by Crippen LogP contribution is 2.26. The molecule has 0 amide bonds. The summed E-state index contributed by atoms with van der Waals surface area (Å²) in [6, 6.07) is 7.86. The first-order valence-corrected chi connectivity index (χ1v) is 6.75. The third kappa shape index (κ3) is 3.43. The molecule has 0 spiro atoms. The second-order valence-electron chi connectivity index (χ2n) is 5.47. The van der Waals surface area contributed by atoms with E-state index in [1.165, 1.54) is 0 Å². The Kier molecular flexibility index (Phi) is 4.08. The molecular formula is C14H20N2O2S. The van der Waals surface area contributed by atoms with E-state index in [0.29, 0.717) is 11.5 Å². The van der Waals surface area contributed by atoms with E-state index in [1.54, 1.807) is 0 Å². The largest absolute Gasteiger partial charge is 0.394 e. The van der Waals surface area contributed by atoms with E-state index in [9.17, 15) is 5.11 Å². The zero-order valence-corrected chi connectivity index (χ0v) is 12.1. The second kappa shape index (κ2) is 5.45. The predicted octanol–water partition coefficient (Wildman–Crippen LogP) is 1.30. The quantitative estimate of drug-likeness (QED) is 0.817. The number of hydrogen-bond donors (Lipinski definition) is 2. The summed E-state index contributed by atoms with van der Waals surface area (Å²) in [5, 5.41) is 9.32. The number of aliphatic hydroxyl groups is 1. The fourth-order valence-corrected chi connectivity index (χ4v) is 2.56. The molecule has 1 saturated heterocycles. The SMILES string of the molecule is CC1(C)CN(c2ccc(C(N)=S)cc2)CC(CO)O1. The maximum absolute atomic E-state index is 9.32. The van der Waals surface area contributed by atoms with Crippen LogP contribution in [-0.4, -0.2) is 41.5 Å². The highest BCUT2D eigenvalue weighted by Gasteiger charge is 2.33. The molecule has 2 rings (SSSR count). The minimum absolute atomic E-state index is 0.0326. The van der Waals surface area contributed by atoms with E-state index in [2.05, 4.69) is 4.90 Å². The van der Waals surface area contributed by atoms with Crippen LogP contribution in [0.1, 0.15) is 19.4 Å². The van der Waals surface area contributed by atoms with Crippen LogP contribution in [0.3, 0.4) is 0 Å². The van der Waals surface area contributed by atoms with Crippen molar-refractivity contribution in [1.82, 2.24) is 0 Å². The molecule has 0 aliphatic carbocycles. The fourth-order valence-electron chi connectivity index (χ4n) is 2.42. The van der Waals surface area contributed by atoms with Crippen LogP contribution >= 0.6 is 12.2 Å². The minimum Gasteiger partial charge on any atom is -0.394 e. The van der Waals surface area contributed by atoms with E-state index in [1.807, 2.05) is 38.1 Å². The maximum atomic E-state index is 9.32. The molecule has 1 atom stereocenters. The molecule has 1 unspecified atom stereocenters. The van der Waals surface area contributed by atoms with Crippen LogP contribution in [0, 0.1) is 0 Å². The summed E-state index contributed by atoms with van der Waals surface area (Å²) < 4.78 is 5.80. The monoisotopic (exact) mass is 280 g/mol. The Morgan fingerprint density at radius 3 is 2.63 bits per heavy atom. The first-order valence-electron chi connectivity index (χ1n) is 6.35. The second-order valence-corrected chi connectivity index (χ2v) is 5.91. The molecule has 0 bridgehead atoms. The van der Waals surface area contributed by atoms with Gasteiger partial charge in [-0.05, 0) is 38.1 Å². The zero-order valence-electron chi connectivity index (χ0n) is 11.3. The average Bonchev–Trinajstić information content (AvgIpc) is 2.37. The van der Waals surface area contributed by atoms with Crippen molar-refractivity contribution < 1.29 is 9.84 Å². The van der Waals surface area contributed by atoms with Gasteiger partial charge in [0.1, 0.15) is 4.99 Å². The number of nitrogens with two attached hydrogens (primary N) is 1. The molecule has 0 saturated carbocycles. The third-order valence-corrected chi connectivity index (χ3v) is 3.44. The van der Waals surface area contributed by atoms with Crippen LogP contribution in [-0.2, 0) is 4.74 Å². The van der Waals surface area contributed by atoms with Gasteiger partial charge in [-0.3, -0.25) is 0 Å². The van der Waals surface area contributed by atoms with Crippen LogP contribution in [0.4, 0.5) is 5.69 Å². The average molecular weight is 280 g/mol. The zero-order chi connectivity index (χ0) is 14.0. The molecule has 1 fully saturated rings. The summed E-state index contributed by atoms with van der Waals surface area (Å²) in [4.78, 5) is 2.62. The number of benzene rings is 1. The predicted molar refractivity (Wildman–Crippen MR) is 80.6 cm³/mol. The minimum atomic E-state index is -0.270. The Hall–Kier alpha value is -1.17. The van der Waals surface area contributed by atoms with Gasteiger partial charge in [-0.2, -0.15) is 0 Å². The van der Waals surface area contributed by atoms with Gasteiger partial charge in [0.2, 0.25) is 0 Å². The lowest BCUT2D eigenvalue weighted by Crippen LogP contribution is -2.54. The Morgan fingerprint density at radius 1 is 1.47 bits per heavy atom. The number of thiocarbonyl (C=S) groups is 1. The van der Waals surface area contributed by atoms with Gasteiger partial charge >= 0.3 is 0 Å². The molecule has 1 heterocycles. The molecule has 0 radical (unpaired) electrons. The number of rotatable bonds is 3. The summed E-state index contributed by atoms with van der Waals surface area (Å²) in [7, 11) is 0. The summed E-state index contributed by atoms with van der Waals surface area (Å²) in [5.74, 6) is 0. The lowest BCUT2D eigenvalue weighted by molar-refractivity contribution is -0.101. The van der Waals surface area contributed by atoms with Crippen LogP contribution in [0.2, 0.25) is 0 Å². The van der Waals surface area contributed by atoms with Crippen molar-refractivity contribution in [3.05, 3.63) is 29.8 Å². The molecule has 0 aromatic heterocycles. The summed E-state index contributed by atoms with van der Waals surface area (Å²) in [6.07, 6.45) is -0.154.